The molecule has 0 spiro atoms. The van der Waals surface area contributed by atoms with E-state index < -0.39 is 0 Å². The van der Waals surface area contributed by atoms with Gasteiger partial charge in [0.05, 0.1) is 0 Å². The second-order valence-corrected chi connectivity index (χ2v) is 6.27. The topological polar surface area (TPSA) is 50.9 Å². The van der Waals surface area contributed by atoms with Crippen LogP contribution in [0.25, 0.3) is 10.8 Å². The predicted molar refractivity (Wildman–Crippen MR) is 84.7 cm³/mol. The van der Waals surface area contributed by atoms with E-state index in [2.05, 4.69) is 22.6 Å². The number of rotatable bonds is 3. The van der Waals surface area contributed by atoms with Crippen molar-refractivity contribution < 1.29 is 0 Å². The average molecular weight is 273 g/mol. The van der Waals surface area contributed by atoms with Crippen molar-refractivity contribution in [3.05, 3.63) is 30.6 Å². The summed E-state index contributed by atoms with van der Waals surface area (Å²) in [6.07, 6.45) is 9.70. The van der Waals surface area contributed by atoms with Gasteiger partial charge in [-0.2, -0.15) is 11.8 Å². The van der Waals surface area contributed by atoms with E-state index in [1.807, 2.05) is 30.1 Å². The third-order valence-corrected chi connectivity index (χ3v) is 5.02. The zero-order valence-electron chi connectivity index (χ0n) is 11.1. The molecule has 1 aliphatic carbocycles. The maximum absolute atomic E-state index is 6.02. The molecule has 2 atom stereocenters. The highest BCUT2D eigenvalue weighted by Crippen LogP contribution is 2.33. The zero-order valence-corrected chi connectivity index (χ0v) is 11.9. The molecular formula is C15H19N3S. The predicted octanol–water partition coefficient (Wildman–Crippen LogP) is 3.51. The maximum Gasteiger partial charge on any atom is 0.0439 e. The molecule has 1 saturated carbocycles. The van der Waals surface area contributed by atoms with Gasteiger partial charge in [-0.3, -0.25) is 4.98 Å². The fourth-order valence-corrected chi connectivity index (χ4v) is 3.64. The lowest BCUT2D eigenvalue weighted by Gasteiger charge is -2.16. The van der Waals surface area contributed by atoms with E-state index in [1.165, 1.54) is 19.3 Å². The van der Waals surface area contributed by atoms with Crippen LogP contribution in [0.5, 0.6) is 0 Å². The number of nitrogen functional groups attached to an aromatic ring is 1. The molecule has 0 aliphatic heterocycles. The van der Waals surface area contributed by atoms with E-state index in [0.717, 1.165) is 27.4 Å². The Bertz CT molecular complexity index is 585. The molecule has 4 heteroatoms. The number of pyridine rings is 1. The zero-order chi connectivity index (χ0) is 13.2. The number of aromatic nitrogens is 1. The van der Waals surface area contributed by atoms with Crippen molar-refractivity contribution in [2.45, 2.75) is 30.6 Å². The summed E-state index contributed by atoms with van der Waals surface area (Å²) in [7, 11) is 0. The highest BCUT2D eigenvalue weighted by Gasteiger charge is 2.24. The largest absolute Gasteiger partial charge is 0.398 e. The van der Waals surface area contributed by atoms with E-state index in [9.17, 15) is 0 Å². The summed E-state index contributed by atoms with van der Waals surface area (Å²) in [5.41, 5.74) is 7.99. The Labute approximate surface area is 118 Å². The second-order valence-electron chi connectivity index (χ2n) is 5.14. The smallest absolute Gasteiger partial charge is 0.0439 e. The molecule has 0 bridgehead atoms. The summed E-state index contributed by atoms with van der Waals surface area (Å²) in [5, 5.41) is 6.67. The van der Waals surface area contributed by atoms with Crippen molar-refractivity contribution in [1.82, 2.24) is 4.98 Å². The summed E-state index contributed by atoms with van der Waals surface area (Å²) < 4.78 is 0. The molecule has 0 saturated heterocycles. The highest BCUT2D eigenvalue weighted by molar-refractivity contribution is 7.99. The van der Waals surface area contributed by atoms with Crippen LogP contribution in [0.1, 0.15) is 19.3 Å². The first-order valence-corrected chi connectivity index (χ1v) is 7.98. The number of nitrogens with one attached hydrogen (secondary N) is 1. The van der Waals surface area contributed by atoms with E-state index >= 15 is 0 Å². The quantitative estimate of drug-likeness (QED) is 0.840. The van der Waals surface area contributed by atoms with Crippen LogP contribution in [-0.2, 0) is 0 Å². The number of nitrogens with zero attached hydrogens (tertiary/aromatic N) is 1. The molecule has 2 aromatic rings. The van der Waals surface area contributed by atoms with E-state index in [-0.39, 0.29) is 0 Å². The molecule has 0 amide bonds. The van der Waals surface area contributed by atoms with Gasteiger partial charge in [0, 0.05) is 45.8 Å². The lowest BCUT2D eigenvalue weighted by Crippen LogP contribution is -2.16. The van der Waals surface area contributed by atoms with Gasteiger partial charge in [-0.1, -0.05) is 0 Å². The summed E-state index contributed by atoms with van der Waals surface area (Å²) in [4.78, 5) is 4.22. The molecule has 3 rings (SSSR count). The van der Waals surface area contributed by atoms with Gasteiger partial charge in [0.1, 0.15) is 0 Å². The fraction of sp³-hybridized carbons (Fsp3) is 0.400. The molecule has 19 heavy (non-hydrogen) atoms. The van der Waals surface area contributed by atoms with Gasteiger partial charge in [-0.25, -0.2) is 0 Å². The number of fused-ring (bicyclic) bond motifs is 1. The SMILES string of the molecule is CSC1CCC(Nc2ccc(N)c3ccncc23)C1. The molecule has 3 N–H and O–H groups in total. The van der Waals surface area contributed by atoms with Crippen molar-refractivity contribution in [1.29, 1.82) is 0 Å². The molecule has 1 aliphatic rings. The van der Waals surface area contributed by atoms with E-state index in [4.69, 9.17) is 5.73 Å². The Kier molecular flexibility index (Phi) is 3.51. The first-order valence-electron chi connectivity index (χ1n) is 6.69. The van der Waals surface area contributed by atoms with Crippen molar-refractivity contribution in [2.75, 3.05) is 17.3 Å². The molecule has 1 heterocycles. The van der Waals surface area contributed by atoms with Gasteiger partial charge in [0.2, 0.25) is 0 Å². The minimum atomic E-state index is 0.574. The molecule has 1 aromatic heterocycles. The number of hydrogen-bond donors (Lipinski definition) is 2. The van der Waals surface area contributed by atoms with E-state index in [0.29, 0.717) is 6.04 Å². The minimum absolute atomic E-state index is 0.574. The number of anilines is 2. The number of nitrogens with two attached hydrogens (primary N) is 1. The second kappa shape index (κ2) is 5.29. The van der Waals surface area contributed by atoms with Crippen molar-refractivity contribution in [2.24, 2.45) is 0 Å². The summed E-state index contributed by atoms with van der Waals surface area (Å²) in [6.45, 7) is 0. The minimum Gasteiger partial charge on any atom is -0.398 e. The van der Waals surface area contributed by atoms with Crippen LogP contribution in [0.15, 0.2) is 30.6 Å². The Morgan fingerprint density at radius 2 is 2.16 bits per heavy atom. The Morgan fingerprint density at radius 1 is 1.26 bits per heavy atom. The maximum atomic E-state index is 6.02. The normalized spacial score (nSPS) is 22.8. The van der Waals surface area contributed by atoms with Crippen LogP contribution < -0.4 is 11.1 Å². The first-order chi connectivity index (χ1) is 9.28. The van der Waals surface area contributed by atoms with Crippen molar-refractivity contribution in [3.8, 4) is 0 Å². The molecule has 1 fully saturated rings. The van der Waals surface area contributed by atoms with Crippen LogP contribution in [0.4, 0.5) is 11.4 Å². The Morgan fingerprint density at radius 3 is 2.95 bits per heavy atom. The van der Waals surface area contributed by atoms with Gasteiger partial charge < -0.3 is 11.1 Å². The Hall–Kier alpha value is -1.42. The van der Waals surface area contributed by atoms with Crippen molar-refractivity contribution in [3.63, 3.8) is 0 Å². The van der Waals surface area contributed by atoms with Gasteiger partial charge in [-0.05, 0) is 43.7 Å². The lowest BCUT2D eigenvalue weighted by atomic mass is 10.1. The summed E-state index contributed by atoms with van der Waals surface area (Å²) in [5.74, 6) is 0. The third kappa shape index (κ3) is 2.50. The van der Waals surface area contributed by atoms with Crippen LogP contribution in [0.3, 0.4) is 0 Å². The molecule has 100 valence electrons. The number of hydrogen-bond acceptors (Lipinski definition) is 4. The summed E-state index contributed by atoms with van der Waals surface area (Å²) >= 11 is 1.98. The van der Waals surface area contributed by atoms with Crippen LogP contribution in [-0.4, -0.2) is 22.5 Å². The molecule has 3 nitrogen and oxygen atoms in total. The Balaban J connectivity index is 1.87. The molecular weight excluding hydrogens is 254 g/mol. The molecule has 0 radical (unpaired) electrons. The number of thioether (sulfide) groups is 1. The standard InChI is InChI=1S/C15H19N3S/c1-19-11-3-2-10(8-11)18-15-5-4-14(16)12-6-7-17-9-13(12)15/h4-7,9-11,18H,2-3,8,16H2,1H3. The monoisotopic (exact) mass is 273 g/mol. The van der Waals surface area contributed by atoms with Crippen LogP contribution >= 0.6 is 11.8 Å². The third-order valence-electron chi connectivity index (χ3n) is 3.93. The summed E-state index contributed by atoms with van der Waals surface area (Å²) in [6, 6.07) is 6.61. The molecule has 1 aromatic carbocycles. The first kappa shape index (κ1) is 12.6. The van der Waals surface area contributed by atoms with Crippen molar-refractivity contribution >= 4 is 33.9 Å². The lowest BCUT2D eigenvalue weighted by molar-refractivity contribution is 0.758. The van der Waals surface area contributed by atoms with Gasteiger partial charge >= 0.3 is 0 Å². The van der Waals surface area contributed by atoms with Crippen LogP contribution in [0, 0.1) is 0 Å². The highest BCUT2D eigenvalue weighted by atomic mass is 32.2. The average Bonchev–Trinajstić information content (AvgIpc) is 2.90. The number of benzene rings is 1. The molecule has 2 unspecified atom stereocenters. The van der Waals surface area contributed by atoms with Gasteiger partial charge in [0.15, 0.2) is 0 Å². The van der Waals surface area contributed by atoms with E-state index in [1.54, 1.807) is 6.20 Å². The van der Waals surface area contributed by atoms with Crippen LogP contribution in [0.2, 0.25) is 0 Å². The fourth-order valence-electron chi connectivity index (χ4n) is 2.84. The van der Waals surface area contributed by atoms with Gasteiger partial charge in [0.25, 0.3) is 0 Å². The van der Waals surface area contributed by atoms with Gasteiger partial charge in [-0.15, -0.1) is 0 Å².